The van der Waals surface area contributed by atoms with Crippen molar-refractivity contribution in [3.63, 3.8) is 0 Å². The van der Waals surface area contributed by atoms with Crippen LogP contribution in [0, 0.1) is 25.7 Å². The summed E-state index contributed by atoms with van der Waals surface area (Å²) in [6, 6.07) is 0. The van der Waals surface area contributed by atoms with Gasteiger partial charge < -0.3 is 10.1 Å². The first kappa shape index (κ1) is 15.5. The van der Waals surface area contributed by atoms with E-state index in [1.807, 2.05) is 0 Å². The van der Waals surface area contributed by atoms with E-state index in [4.69, 9.17) is 4.74 Å². The Bertz CT molecular complexity index is 439. The highest BCUT2D eigenvalue weighted by Gasteiger charge is 2.30. The van der Waals surface area contributed by atoms with Gasteiger partial charge in [-0.1, -0.05) is 13.8 Å². The molecule has 0 aromatic carbocycles. The topological polar surface area (TPSA) is 39.1 Å². The molecule has 0 radical (unpaired) electrons. The molecule has 4 nitrogen and oxygen atoms in total. The minimum Gasteiger partial charge on any atom is -0.378 e. The number of nitrogens with one attached hydrogen (secondary N) is 1. The van der Waals surface area contributed by atoms with E-state index in [0.717, 1.165) is 31.9 Å². The molecule has 2 heterocycles. The number of nitrogens with zero attached hydrogens (tertiary/aromatic N) is 2. The number of aromatic nitrogens is 2. The second kappa shape index (κ2) is 6.72. The smallest absolute Gasteiger partial charge is 0.0641 e. The predicted molar refractivity (Wildman–Crippen MR) is 81.8 cm³/mol. The Balaban J connectivity index is 1.88. The van der Waals surface area contributed by atoms with Crippen LogP contribution in [0.1, 0.15) is 44.1 Å². The fraction of sp³-hybridized carbons (Fsp3) is 0.812. The molecule has 114 valence electrons. The lowest BCUT2D eigenvalue weighted by atomic mass is 9.93. The molecule has 1 N–H and O–H groups in total. The van der Waals surface area contributed by atoms with E-state index >= 15 is 0 Å². The van der Waals surface area contributed by atoms with E-state index in [-0.39, 0.29) is 0 Å². The highest BCUT2D eigenvalue weighted by molar-refractivity contribution is 5.24. The van der Waals surface area contributed by atoms with Crippen LogP contribution in [-0.2, 0) is 17.8 Å². The lowest BCUT2D eigenvalue weighted by Crippen LogP contribution is -2.31. The summed E-state index contributed by atoms with van der Waals surface area (Å²) in [6.07, 6.45) is 1.60. The maximum Gasteiger partial charge on any atom is 0.0641 e. The van der Waals surface area contributed by atoms with Crippen LogP contribution in [0.5, 0.6) is 0 Å². The summed E-state index contributed by atoms with van der Waals surface area (Å²) in [6.45, 7) is 14.7. The molecule has 1 saturated heterocycles. The van der Waals surface area contributed by atoms with Gasteiger partial charge in [0, 0.05) is 37.5 Å². The molecule has 2 atom stereocenters. The van der Waals surface area contributed by atoms with Crippen LogP contribution in [-0.4, -0.2) is 29.0 Å². The van der Waals surface area contributed by atoms with Crippen molar-refractivity contribution in [1.29, 1.82) is 0 Å². The molecule has 0 spiro atoms. The quantitative estimate of drug-likeness (QED) is 0.870. The summed E-state index contributed by atoms with van der Waals surface area (Å²) in [4.78, 5) is 0. The van der Waals surface area contributed by atoms with Gasteiger partial charge in [0.1, 0.15) is 0 Å². The summed E-state index contributed by atoms with van der Waals surface area (Å²) >= 11 is 0. The zero-order valence-electron chi connectivity index (χ0n) is 13.6. The van der Waals surface area contributed by atoms with E-state index in [9.17, 15) is 0 Å². The van der Waals surface area contributed by atoms with Crippen LogP contribution in [0.3, 0.4) is 0 Å². The molecular formula is C16H29N3O. The number of aryl methyl sites for hydroxylation is 2. The first-order valence-electron chi connectivity index (χ1n) is 7.89. The van der Waals surface area contributed by atoms with E-state index in [0.29, 0.717) is 17.9 Å². The minimum atomic E-state index is 0.419. The molecule has 1 aromatic heterocycles. The van der Waals surface area contributed by atoms with Crippen molar-refractivity contribution in [3.05, 3.63) is 17.0 Å². The molecule has 0 saturated carbocycles. The molecule has 1 aliphatic heterocycles. The summed E-state index contributed by atoms with van der Waals surface area (Å²) in [7, 11) is 0. The number of hydrogen-bond donors (Lipinski definition) is 1. The fourth-order valence-corrected chi connectivity index (χ4v) is 3.29. The lowest BCUT2D eigenvalue weighted by Gasteiger charge is -2.22. The Morgan fingerprint density at radius 2 is 2.15 bits per heavy atom. The largest absolute Gasteiger partial charge is 0.378 e. The Labute approximate surface area is 122 Å². The van der Waals surface area contributed by atoms with Gasteiger partial charge in [-0.05, 0) is 39.0 Å². The summed E-state index contributed by atoms with van der Waals surface area (Å²) in [5.41, 5.74) is 3.80. The van der Waals surface area contributed by atoms with Gasteiger partial charge in [0.15, 0.2) is 0 Å². The van der Waals surface area contributed by atoms with Crippen molar-refractivity contribution in [2.45, 2.75) is 60.2 Å². The Hall–Kier alpha value is -0.870. The standard InChI is InChI=1S/C16H29N3O/c1-6-19-13(5)15(12(4)18-19)10-17-9-14-7-8-20-16(14)11(2)3/h11,14,16-17H,6-10H2,1-5H3/t14-,16-/m1/s1. The maximum absolute atomic E-state index is 5.84. The monoisotopic (exact) mass is 279 g/mol. The average Bonchev–Trinajstić information content (AvgIpc) is 2.97. The van der Waals surface area contributed by atoms with Crippen LogP contribution < -0.4 is 5.32 Å². The van der Waals surface area contributed by atoms with E-state index in [1.54, 1.807) is 0 Å². The molecule has 2 rings (SSSR count). The normalized spacial score (nSPS) is 22.9. The lowest BCUT2D eigenvalue weighted by molar-refractivity contribution is 0.0539. The molecule has 1 aromatic rings. The molecule has 4 heteroatoms. The molecule has 1 fully saturated rings. The number of ether oxygens (including phenoxy) is 1. The highest BCUT2D eigenvalue weighted by atomic mass is 16.5. The Morgan fingerprint density at radius 3 is 2.75 bits per heavy atom. The first-order chi connectivity index (χ1) is 9.54. The van der Waals surface area contributed by atoms with Gasteiger partial charge in [-0.15, -0.1) is 0 Å². The van der Waals surface area contributed by atoms with Gasteiger partial charge in [0.2, 0.25) is 0 Å². The zero-order chi connectivity index (χ0) is 14.7. The predicted octanol–water partition coefficient (Wildman–Crippen LogP) is 2.67. The molecule has 0 aliphatic carbocycles. The third-order valence-electron chi connectivity index (χ3n) is 4.46. The third-order valence-corrected chi connectivity index (χ3v) is 4.46. The van der Waals surface area contributed by atoms with Crippen molar-refractivity contribution < 1.29 is 4.74 Å². The van der Waals surface area contributed by atoms with Crippen LogP contribution in [0.4, 0.5) is 0 Å². The van der Waals surface area contributed by atoms with Gasteiger partial charge in [-0.2, -0.15) is 5.10 Å². The Morgan fingerprint density at radius 1 is 1.40 bits per heavy atom. The van der Waals surface area contributed by atoms with Gasteiger partial charge in [-0.3, -0.25) is 4.68 Å². The second-order valence-corrected chi connectivity index (χ2v) is 6.22. The van der Waals surface area contributed by atoms with Crippen LogP contribution in [0.25, 0.3) is 0 Å². The highest BCUT2D eigenvalue weighted by Crippen LogP contribution is 2.26. The third kappa shape index (κ3) is 3.23. The van der Waals surface area contributed by atoms with E-state index < -0.39 is 0 Å². The van der Waals surface area contributed by atoms with Crippen LogP contribution in [0.2, 0.25) is 0 Å². The van der Waals surface area contributed by atoms with Gasteiger partial charge in [0.25, 0.3) is 0 Å². The van der Waals surface area contributed by atoms with Gasteiger partial charge >= 0.3 is 0 Å². The van der Waals surface area contributed by atoms with E-state index in [1.165, 1.54) is 17.7 Å². The van der Waals surface area contributed by atoms with Crippen molar-refractivity contribution in [2.24, 2.45) is 11.8 Å². The van der Waals surface area contributed by atoms with Crippen LogP contribution >= 0.6 is 0 Å². The minimum absolute atomic E-state index is 0.419. The molecule has 0 unspecified atom stereocenters. The molecular weight excluding hydrogens is 250 g/mol. The number of hydrogen-bond acceptors (Lipinski definition) is 3. The molecule has 1 aliphatic rings. The zero-order valence-corrected chi connectivity index (χ0v) is 13.6. The Kier molecular flexibility index (Phi) is 5.22. The first-order valence-corrected chi connectivity index (χ1v) is 7.89. The summed E-state index contributed by atoms with van der Waals surface area (Å²) < 4.78 is 7.93. The van der Waals surface area contributed by atoms with Crippen molar-refractivity contribution in [3.8, 4) is 0 Å². The molecule has 0 bridgehead atoms. The summed E-state index contributed by atoms with van der Waals surface area (Å²) in [5, 5.41) is 8.19. The van der Waals surface area contributed by atoms with Gasteiger partial charge in [-0.25, -0.2) is 0 Å². The molecule has 20 heavy (non-hydrogen) atoms. The van der Waals surface area contributed by atoms with Crippen molar-refractivity contribution in [2.75, 3.05) is 13.2 Å². The van der Waals surface area contributed by atoms with E-state index in [2.05, 4.69) is 49.7 Å². The average molecular weight is 279 g/mol. The SMILES string of the molecule is CCn1nc(C)c(CNC[C@H]2CCO[C@@H]2C(C)C)c1C. The maximum atomic E-state index is 5.84. The van der Waals surface area contributed by atoms with Gasteiger partial charge in [0.05, 0.1) is 11.8 Å². The number of rotatable bonds is 6. The fourth-order valence-electron chi connectivity index (χ4n) is 3.29. The van der Waals surface area contributed by atoms with Crippen LogP contribution in [0.15, 0.2) is 0 Å². The van der Waals surface area contributed by atoms with Crippen molar-refractivity contribution >= 4 is 0 Å². The van der Waals surface area contributed by atoms with Crippen molar-refractivity contribution in [1.82, 2.24) is 15.1 Å². The summed E-state index contributed by atoms with van der Waals surface area (Å²) in [5.74, 6) is 1.26. The second-order valence-electron chi connectivity index (χ2n) is 6.22. The molecule has 0 amide bonds.